The van der Waals surface area contributed by atoms with Gasteiger partial charge >= 0.3 is 0 Å². The lowest BCUT2D eigenvalue weighted by molar-refractivity contribution is 0.588. The van der Waals surface area contributed by atoms with Gasteiger partial charge in [0.25, 0.3) is 0 Å². The normalized spacial score (nSPS) is 11.7. The third-order valence-corrected chi connectivity index (χ3v) is 4.24. The zero-order valence-corrected chi connectivity index (χ0v) is 10.1. The van der Waals surface area contributed by atoms with Crippen molar-refractivity contribution in [2.45, 2.75) is 4.90 Å². The summed E-state index contributed by atoms with van der Waals surface area (Å²) >= 11 is 5.76. The molecule has 0 aromatic heterocycles. The maximum absolute atomic E-state index is 12.9. The van der Waals surface area contributed by atoms with Crippen LogP contribution in [0.3, 0.4) is 0 Å². The molecule has 0 bridgehead atoms. The van der Waals surface area contributed by atoms with Crippen molar-refractivity contribution in [1.29, 1.82) is 0 Å². The Hall–Kier alpha value is 0.0200. The van der Waals surface area contributed by atoms with E-state index in [1.807, 2.05) is 0 Å². The van der Waals surface area contributed by atoms with Gasteiger partial charge in [-0.05, 0) is 44.0 Å². The second-order valence-electron chi connectivity index (χ2n) is 2.22. The highest BCUT2D eigenvalue weighted by atomic mass is 79.9. The maximum Gasteiger partial charge on any atom is 0.240 e. The molecule has 0 aliphatic carbocycles. The summed E-state index contributed by atoms with van der Waals surface area (Å²) < 4.78 is 34.9. The molecule has 13 heavy (non-hydrogen) atoms. The van der Waals surface area contributed by atoms with E-state index in [1.165, 1.54) is 6.07 Å². The van der Waals surface area contributed by atoms with E-state index < -0.39 is 15.8 Å². The van der Waals surface area contributed by atoms with Crippen molar-refractivity contribution in [2.75, 3.05) is 0 Å². The molecule has 1 rings (SSSR count). The molecule has 7 heteroatoms. The molecule has 0 saturated heterocycles. The quantitative estimate of drug-likeness (QED) is 0.799. The smallest absolute Gasteiger partial charge is 0.225 e. The van der Waals surface area contributed by atoms with Crippen LogP contribution in [0.4, 0.5) is 4.39 Å². The second kappa shape index (κ2) is 3.64. The molecule has 0 atom stereocenters. The first-order chi connectivity index (χ1) is 5.84. The van der Waals surface area contributed by atoms with Crippen LogP contribution < -0.4 is 5.14 Å². The topological polar surface area (TPSA) is 60.2 Å². The van der Waals surface area contributed by atoms with Gasteiger partial charge in [0.2, 0.25) is 10.0 Å². The van der Waals surface area contributed by atoms with Gasteiger partial charge in [0.15, 0.2) is 0 Å². The molecule has 0 amide bonds. The minimum absolute atomic E-state index is 0.163. The van der Waals surface area contributed by atoms with Crippen molar-refractivity contribution in [3.63, 3.8) is 0 Å². The van der Waals surface area contributed by atoms with Crippen LogP contribution in [0.2, 0.25) is 0 Å². The molecule has 0 heterocycles. The monoisotopic (exact) mass is 331 g/mol. The Balaban J connectivity index is 3.62. The summed E-state index contributed by atoms with van der Waals surface area (Å²) in [5.74, 6) is -0.674. The largest absolute Gasteiger partial charge is 0.240 e. The number of sulfonamides is 1. The van der Waals surface area contributed by atoms with Gasteiger partial charge in [-0.3, -0.25) is 0 Å². The van der Waals surface area contributed by atoms with Gasteiger partial charge in [-0.2, -0.15) is 0 Å². The number of benzene rings is 1. The van der Waals surface area contributed by atoms with E-state index in [2.05, 4.69) is 31.9 Å². The van der Waals surface area contributed by atoms with Crippen LogP contribution in [0.25, 0.3) is 0 Å². The van der Waals surface area contributed by atoms with Crippen LogP contribution in [0.5, 0.6) is 0 Å². The Bertz CT molecular complexity index is 446. The molecule has 1 aromatic carbocycles. The molecule has 0 aliphatic rings. The van der Waals surface area contributed by atoms with Crippen LogP contribution in [0.15, 0.2) is 26.0 Å². The van der Waals surface area contributed by atoms with Crippen LogP contribution in [-0.4, -0.2) is 8.42 Å². The number of primary sulfonamides is 1. The van der Waals surface area contributed by atoms with E-state index in [4.69, 9.17) is 5.14 Å². The molecular weight excluding hydrogens is 329 g/mol. The number of nitrogens with two attached hydrogens (primary N) is 1. The van der Waals surface area contributed by atoms with Crippen molar-refractivity contribution in [3.8, 4) is 0 Å². The fraction of sp³-hybridized carbons (Fsp3) is 0. The molecule has 0 fully saturated rings. The predicted molar refractivity (Wildman–Crippen MR) is 53.2 cm³/mol. The highest BCUT2D eigenvalue weighted by molar-refractivity contribution is 9.11. The summed E-state index contributed by atoms with van der Waals surface area (Å²) in [6, 6.07) is 2.41. The van der Waals surface area contributed by atoms with E-state index in [0.29, 0.717) is 0 Å². The lowest BCUT2D eigenvalue weighted by Crippen LogP contribution is -2.14. The summed E-state index contributed by atoms with van der Waals surface area (Å²) in [5.41, 5.74) is 0. The highest BCUT2D eigenvalue weighted by Gasteiger charge is 2.19. The minimum Gasteiger partial charge on any atom is -0.225 e. The SMILES string of the molecule is NS(=O)(=O)c1c(Br)ccc(F)c1Br. The van der Waals surface area contributed by atoms with Crippen LogP contribution in [-0.2, 0) is 10.0 Å². The molecular formula is C6H4Br2FNO2S. The zero-order valence-electron chi connectivity index (χ0n) is 6.09. The van der Waals surface area contributed by atoms with Gasteiger partial charge in [-0.15, -0.1) is 0 Å². The van der Waals surface area contributed by atoms with Gasteiger partial charge in [0.05, 0.1) is 4.47 Å². The lowest BCUT2D eigenvalue weighted by Gasteiger charge is -2.04. The van der Waals surface area contributed by atoms with E-state index in [0.717, 1.165) is 6.07 Å². The molecule has 2 N–H and O–H groups in total. The first kappa shape index (κ1) is 11.1. The Labute approximate surface area is 91.4 Å². The van der Waals surface area contributed by atoms with Gasteiger partial charge in [-0.1, -0.05) is 0 Å². The van der Waals surface area contributed by atoms with Crippen LogP contribution in [0.1, 0.15) is 0 Å². The van der Waals surface area contributed by atoms with E-state index in [9.17, 15) is 12.8 Å². The number of rotatable bonds is 1. The highest BCUT2D eigenvalue weighted by Crippen LogP contribution is 2.30. The number of hydrogen-bond acceptors (Lipinski definition) is 2. The Morgan fingerprint density at radius 1 is 1.31 bits per heavy atom. The molecule has 0 unspecified atom stereocenters. The molecule has 0 aliphatic heterocycles. The average molecular weight is 333 g/mol. The van der Waals surface area contributed by atoms with Gasteiger partial charge in [0.1, 0.15) is 10.7 Å². The molecule has 72 valence electrons. The van der Waals surface area contributed by atoms with E-state index >= 15 is 0 Å². The fourth-order valence-electron chi connectivity index (χ4n) is 0.769. The number of halogens is 3. The molecule has 0 spiro atoms. The predicted octanol–water partition coefficient (Wildman–Crippen LogP) is 2.00. The van der Waals surface area contributed by atoms with Gasteiger partial charge < -0.3 is 0 Å². The van der Waals surface area contributed by atoms with Crippen molar-refractivity contribution < 1.29 is 12.8 Å². The van der Waals surface area contributed by atoms with Crippen LogP contribution in [0, 0.1) is 5.82 Å². The summed E-state index contributed by atoms with van der Waals surface area (Å²) in [6.45, 7) is 0. The van der Waals surface area contributed by atoms with Crippen molar-refractivity contribution in [3.05, 3.63) is 26.9 Å². The van der Waals surface area contributed by atoms with Crippen molar-refractivity contribution >= 4 is 41.9 Å². The average Bonchev–Trinajstić information content (AvgIpc) is 1.95. The lowest BCUT2D eigenvalue weighted by atomic mass is 10.3. The van der Waals surface area contributed by atoms with Gasteiger partial charge in [-0.25, -0.2) is 17.9 Å². The van der Waals surface area contributed by atoms with Crippen LogP contribution >= 0.6 is 31.9 Å². The summed E-state index contributed by atoms with van der Waals surface area (Å²) in [7, 11) is -3.92. The van der Waals surface area contributed by atoms with Crippen molar-refractivity contribution in [1.82, 2.24) is 0 Å². The Morgan fingerprint density at radius 3 is 2.23 bits per heavy atom. The first-order valence-corrected chi connectivity index (χ1v) is 6.13. The summed E-state index contributed by atoms with van der Waals surface area (Å²) in [4.78, 5) is -0.285. The fourth-order valence-corrected chi connectivity index (χ4v) is 3.75. The van der Waals surface area contributed by atoms with Gasteiger partial charge in [0, 0.05) is 4.47 Å². The first-order valence-electron chi connectivity index (χ1n) is 3.00. The maximum atomic E-state index is 12.9. The molecule has 0 saturated carbocycles. The van der Waals surface area contributed by atoms with E-state index in [1.54, 1.807) is 0 Å². The Kier molecular flexibility index (Phi) is 3.11. The third kappa shape index (κ3) is 2.28. The third-order valence-electron chi connectivity index (χ3n) is 1.29. The summed E-state index contributed by atoms with van der Waals surface area (Å²) in [6.07, 6.45) is 0. The second-order valence-corrected chi connectivity index (χ2v) is 5.36. The molecule has 3 nitrogen and oxygen atoms in total. The zero-order chi connectivity index (χ0) is 10.2. The standard InChI is InChI=1S/C6H4Br2FNO2S/c7-3-1-2-4(9)5(8)6(3)13(10,11)12/h1-2H,(H2,10,11,12). The number of hydrogen-bond donors (Lipinski definition) is 1. The molecule has 0 radical (unpaired) electrons. The summed E-state index contributed by atoms with van der Waals surface area (Å²) in [5, 5.41) is 4.87. The van der Waals surface area contributed by atoms with E-state index in [-0.39, 0.29) is 13.8 Å². The molecule has 1 aromatic rings. The van der Waals surface area contributed by atoms with Crippen molar-refractivity contribution in [2.24, 2.45) is 5.14 Å². The minimum atomic E-state index is -3.92. The Morgan fingerprint density at radius 2 is 1.85 bits per heavy atom.